The molecular weight excluding hydrogens is 452 g/mol. The van der Waals surface area contributed by atoms with E-state index in [0.717, 1.165) is 20.5 Å². The molecule has 1 heterocycles. The number of aliphatic hydroxyl groups is 1. The molecule has 2 unspecified atom stereocenters. The maximum Gasteiger partial charge on any atom is 0.417 e. The number of ether oxygens (including phenoxy) is 2. The van der Waals surface area contributed by atoms with Crippen LogP contribution in [0.4, 0.5) is 4.79 Å². The van der Waals surface area contributed by atoms with Crippen LogP contribution < -0.4 is 5.73 Å². The molecule has 1 aliphatic heterocycles. The Hall–Kier alpha value is -2.26. The predicted octanol–water partition coefficient (Wildman–Crippen LogP) is 3.15. The normalized spacial score (nSPS) is 20.7. The van der Waals surface area contributed by atoms with Crippen LogP contribution in [0.15, 0.2) is 59.1 Å². The summed E-state index contributed by atoms with van der Waals surface area (Å²) < 4.78 is 12.2. The number of benzene rings is 2. The van der Waals surface area contributed by atoms with Crippen LogP contribution in [0.25, 0.3) is 0 Å². The molecule has 7 nitrogen and oxygen atoms in total. The standard InChI is InChI=1S/C22H25BrN2O5/c1-14(26)19(24)21(27)25-18(11-12-29-13-15-5-3-2-4-6-15)20(30-22(25)28)16-7-9-17(23)10-8-16/h2-10,14,18-20,26H,11-13,24H2,1H3/t14-,18?,19-,20?/m0/s1. The third kappa shape index (κ3) is 5.26. The Morgan fingerprint density at radius 1 is 1.23 bits per heavy atom. The van der Waals surface area contributed by atoms with Crippen molar-refractivity contribution >= 4 is 27.9 Å². The van der Waals surface area contributed by atoms with Crippen LogP contribution in [0, 0.1) is 0 Å². The lowest BCUT2D eigenvalue weighted by Crippen LogP contribution is -2.52. The van der Waals surface area contributed by atoms with Gasteiger partial charge in [0.25, 0.3) is 5.91 Å². The largest absolute Gasteiger partial charge is 0.439 e. The van der Waals surface area contributed by atoms with Gasteiger partial charge in [-0.05, 0) is 36.6 Å². The quantitative estimate of drug-likeness (QED) is 0.567. The number of rotatable bonds is 8. The van der Waals surface area contributed by atoms with Gasteiger partial charge in [0.15, 0.2) is 0 Å². The van der Waals surface area contributed by atoms with Crippen LogP contribution in [-0.2, 0) is 20.9 Å². The van der Waals surface area contributed by atoms with E-state index in [0.29, 0.717) is 19.6 Å². The maximum atomic E-state index is 12.8. The lowest BCUT2D eigenvalue weighted by molar-refractivity contribution is -0.133. The van der Waals surface area contributed by atoms with Gasteiger partial charge in [0.2, 0.25) is 0 Å². The van der Waals surface area contributed by atoms with E-state index in [2.05, 4.69) is 15.9 Å². The Bertz CT molecular complexity index is 860. The topological polar surface area (TPSA) is 102 Å². The highest BCUT2D eigenvalue weighted by molar-refractivity contribution is 9.10. The number of carbonyl (C=O) groups excluding carboxylic acids is 2. The van der Waals surface area contributed by atoms with Crippen molar-refractivity contribution in [3.63, 3.8) is 0 Å². The van der Waals surface area contributed by atoms with E-state index in [1.165, 1.54) is 6.92 Å². The number of halogens is 1. The van der Waals surface area contributed by atoms with Gasteiger partial charge >= 0.3 is 6.09 Å². The van der Waals surface area contributed by atoms with Gasteiger partial charge in [-0.2, -0.15) is 0 Å². The molecule has 0 radical (unpaired) electrons. The van der Waals surface area contributed by atoms with Crippen molar-refractivity contribution in [1.29, 1.82) is 0 Å². The number of amides is 2. The number of imide groups is 1. The molecule has 3 rings (SSSR count). The molecule has 30 heavy (non-hydrogen) atoms. The van der Waals surface area contributed by atoms with Crippen LogP contribution in [0.5, 0.6) is 0 Å². The van der Waals surface area contributed by atoms with Crippen molar-refractivity contribution < 1.29 is 24.2 Å². The van der Waals surface area contributed by atoms with Crippen LogP contribution in [0.2, 0.25) is 0 Å². The van der Waals surface area contributed by atoms with Crippen molar-refractivity contribution in [1.82, 2.24) is 4.90 Å². The molecule has 8 heteroatoms. The highest BCUT2D eigenvalue weighted by Crippen LogP contribution is 2.35. The maximum absolute atomic E-state index is 12.8. The van der Waals surface area contributed by atoms with Crippen LogP contribution in [0.1, 0.15) is 30.6 Å². The Labute approximate surface area is 183 Å². The minimum absolute atomic E-state index is 0.316. The van der Waals surface area contributed by atoms with Gasteiger partial charge in [0.05, 0.1) is 18.8 Å². The molecule has 0 spiro atoms. The third-order valence-electron chi connectivity index (χ3n) is 5.02. The summed E-state index contributed by atoms with van der Waals surface area (Å²) in [6.45, 7) is 2.15. The first-order chi connectivity index (χ1) is 14.4. The summed E-state index contributed by atoms with van der Waals surface area (Å²) in [6, 6.07) is 15.3. The summed E-state index contributed by atoms with van der Waals surface area (Å²) in [5, 5.41) is 9.72. The smallest absolute Gasteiger partial charge is 0.417 e. The number of aliphatic hydroxyl groups excluding tert-OH is 1. The minimum atomic E-state index is -1.21. The van der Waals surface area contributed by atoms with E-state index < -0.39 is 36.3 Å². The van der Waals surface area contributed by atoms with Crippen LogP contribution in [0.3, 0.4) is 0 Å². The summed E-state index contributed by atoms with van der Waals surface area (Å²) in [4.78, 5) is 26.4. The monoisotopic (exact) mass is 476 g/mol. The molecule has 1 fully saturated rings. The lowest BCUT2D eigenvalue weighted by Gasteiger charge is -2.26. The predicted molar refractivity (Wildman–Crippen MR) is 114 cm³/mol. The van der Waals surface area contributed by atoms with E-state index >= 15 is 0 Å². The van der Waals surface area contributed by atoms with Crippen LogP contribution >= 0.6 is 15.9 Å². The first-order valence-corrected chi connectivity index (χ1v) is 10.5. The average Bonchev–Trinajstić information content (AvgIpc) is 3.07. The van der Waals surface area contributed by atoms with Crippen molar-refractivity contribution in [2.75, 3.05) is 6.61 Å². The zero-order valence-electron chi connectivity index (χ0n) is 16.6. The van der Waals surface area contributed by atoms with Gasteiger partial charge < -0.3 is 20.3 Å². The molecule has 0 saturated carbocycles. The van der Waals surface area contributed by atoms with Crippen LogP contribution in [-0.4, -0.2) is 46.8 Å². The van der Waals surface area contributed by atoms with Crippen molar-refractivity contribution in [3.8, 4) is 0 Å². The molecule has 2 aromatic carbocycles. The Balaban J connectivity index is 1.75. The highest BCUT2D eigenvalue weighted by Gasteiger charge is 2.47. The summed E-state index contributed by atoms with van der Waals surface area (Å²) in [7, 11) is 0. The van der Waals surface area contributed by atoms with Crippen molar-refractivity contribution in [2.24, 2.45) is 5.73 Å². The molecule has 160 valence electrons. The minimum Gasteiger partial charge on any atom is -0.439 e. The fraction of sp³-hybridized carbons (Fsp3) is 0.364. The number of hydrogen-bond acceptors (Lipinski definition) is 6. The Morgan fingerprint density at radius 2 is 1.90 bits per heavy atom. The third-order valence-corrected chi connectivity index (χ3v) is 5.54. The molecular formula is C22H25BrN2O5. The molecule has 4 atom stereocenters. The molecule has 2 aromatic rings. The summed E-state index contributed by atoms with van der Waals surface area (Å²) in [5.74, 6) is -0.664. The van der Waals surface area contributed by atoms with Gasteiger partial charge in [0.1, 0.15) is 12.1 Å². The molecule has 0 aromatic heterocycles. The van der Waals surface area contributed by atoms with E-state index in [1.807, 2.05) is 54.6 Å². The molecule has 1 saturated heterocycles. The van der Waals surface area contributed by atoms with Gasteiger partial charge in [-0.3, -0.25) is 4.79 Å². The van der Waals surface area contributed by atoms with E-state index in [4.69, 9.17) is 15.2 Å². The second kappa shape index (κ2) is 10.2. The number of carbonyl (C=O) groups is 2. The zero-order valence-corrected chi connectivity index (χ0v) is 18.2. The lowest BCUT2D eigenvalue weighted by atomic mass is 9.99. The fourth-order valence-electron chi connectivity index (χ4n) is 3.33. The number of hydrogen-bond donors (Lipinski definition) is 2. The molecule has 0 aliphatic carbocycles. The first-order valence-electron chi connectivity index (χ1n) is 9.73. The molecule has 2 amide bonds. The number of nitrogens with two attached hydrogens (primary N) is 1. The second-order valence-corrected chi connectivity index (χ2v) is 8.14. The van der Waals surface area contributed by atoms with Gasteiger partial charge in [-0.25, -0.2) is 9.69 Å². The fourth-order valence-corrected chi connectivity index (χ4v) is 3.59. The van der Waals surface area contributed by atoms with Crippen molar-refractivity contribution in [3.05, 3.63) is 70.2 Å². The Kier molecular flexibility index (Phi) is 7.60. The van der Waals surface area contributed by atoms with Crippen molar-refractivity contribution in [2.45, 2.75) is 44.2 Å². The van der Waals surface area contributed by atoms with E-state index in [1.54, 1.807) is 0 Å². The molecule has 0 bridgehead atoms. The highest BCUT2D eigenvalue weighted by atomic mass is 79.9. The summed E-state index contributed by atoms with van der Waals surface area (Å²) in [5.41, 5.74) is 7.61. The SMILES string of the molecule is C[C@H](O)[C@H](N)C(=O)N1C(=O)OC(c2ccc(Br)cc2)C1CCOCc1ccccc1. The Morgan fingerprint density at radius 3 is 2.53 bits per heavy atom. The average molecular weight is 477 g/mol. The summed E-state index contributed by atoms with van der Waals surface area (Å²) in [6.07, 6.45) is -2.13. The number of cyclic esters (lactones) is 1. The van der Waals surface area contributed by atoms with Gasteiger partial charge in [-0.1, -0.05) is 58.4 Å². The molecule has 1 aliphatic rings. The van der Waals surface area contributed by atoms with Gasteiger partial charge in [-0.15, -0.1) is 0 Å². The molecule has 3 N–H and O–H groups in total. The summed E-state index contributed by atoms with van der Waals surface area (Å²) >= 11 is 3.39. The first kappa shape index (κ1) is 22.4. The van der Waals surface area contributed by atoms with Gasteiger partial charge in [0, 0.05) is 11.1 Å². The van der Waals surface area contributed by atoms with E-state index in [9.17, 15) is 14.7 Å². The zero-order chi connectivity index (χ0) is 21.7. The van der Waals surface area contributed by atoms with E-state index in [-0.39, 0.29) is 0 Å². The number of nitrogens with zero attached hydrogens (tertiary/aromatic N) is 1. The second-order valence-electron chi connectivity index (χ2n) is 7.22.